The van der Waals surface area contributed by atoms with E-state index in [1.165, 1.54) is 13.2 Å². The van der Waals surface area contributed by atoms with Crippen LogP contribution in [0.4, 0.5) is 4.39 Å². The Morgan fingerprint density at radius 2 is 2.35 bits per heavy atom. The molecule has 0 saturated heterocycles. The molecule has 0 fully saturated rings. The number of ether oxygens (including phenoxy) is 1. The number of nitrogens with one attached hydrogen (secondary N) is 1. The molecule has 26 heavy (non-hydrogen) atoms. The second-order valence-corrected chi connectivity index (χ2v) is 6.11. The molecule has 0 aliphatic carbocycles. The minimum Gasteiger partial charge on any atom is -0.479 e. The van der Waals surface area contributed by atoms with Gasteiger partial charge in [0.1, 0.15) is 0 Å². The Bertz CT molecular complexity index is 985. The highest BCUT2D eigenvalue weighted by atomic mass is 19.1. The van der Waals surface area contributed by atoms with E-state index in [4.69, 9.17) is 9.15 Å². The van der Waals surface area contributed by atoms with Gasteiger partial charge >= 0.3 is 0 Å². The third kappa shape index (κ3) is 3.11. The first-order valence-electron chi connectivity index (χ1n) is 8.21. The highest BCUT2D eigenvalue weighted by Crippen LogP contribution is 2.21. The van der Waals surface area contributed by atoms with Crippen LogP contribution in [0.25, 0.3) is 11.6 Å². The summed E-state index contributed by atoms with van der Waals surface area (Å²) in [5.41, 5.74) is 1.96. The van der Waals surface area contributed by atoms with E-state index in [0.717, 1.165) is 11.3 Å². The zero-order chi connectivity index (χ0) is 18.1. The first-order chi connectivity index (χ1) is 12.6. The van der Waals surface area contributed by atoms with Crippen molar-refractivity contribution in [3.63, 3.8) is 0 Å². The van der Waals surface area contributed by atoms with Crippen molar-refractivity contribution < 1.29 is 13.5 Å². The number of nitrogens with zero attached hydrogens (tertiary/aromatic N) is 3. The molecule has 1 aliphatic rings. The molecule has 4 heterocycles. The zero-order valence-corrected chi connectivity index (χ0v) is 14.2. The Hall–Kier alpha value is -3.00. The Labute approximate surface area is 148 Å². The van der Waals surface area contributed by atoms with Gasteiger partial charge in [0.15, 0.2) is 17.4 Å². The maximum atomic E-state index is 13.8. The molecule has 4 rings (SSSR count). The number of fused-ring (bicyclic) bond motifs is 1. The van der Waals surface area contributed by atoms with Gasteiger partial charge in [0.2, 0.25) is 5.88 Å². The van der Waals surface area contributed by atoms with Crippen molar-refractivity contribution in [2.45, 2.75) is 19.5 Å². The smallest absolute Gasteiger partial charge is 0.256 e. The van der Waals surface area contributed by atoms with Crippen LogP contribution in [0.5, 0.6) is 5.88 Å². The molecule has 1 N–H and O–H groups in total. The van der Waals surface area contributed by atoms with Gasteiger partial charge in [-0.15, -0.1) is 0 Å². The van der Waals surface area contributed by atoms with E-state index < -0.39 is 5.82 Å². The molecule has 134 valence electrons. The number of H-pyrrole nitrogens is 1. The maximum Gasteiger partial charge on any atom is 0.256 e. The monoisotopic (exact) mass is 356 g/mol. The van der Waals surface area contributed by atoms with Gasteiger partial charge in [-0.1, -0.05) is 0 Å². The number of hydrogen-bond donors (Lipinski definition) is 1. The van der Waals surface area contributed by atoms with Gasteiger partial charge in [-0.2, -0.15) is 0 Å². The number of furan rings is 1. The van der Waals surface area contributed by atoms with Gasteiger partial charge in [0, 0.05) is 32.3 Å². The number of rotatable bonds is 4. The summed E-state index contributed by atoms with van der Waals surface area (Å²) in [7, 11) is 1.38. The highest BCUT2D eigenvalue weighted by molar-refractivity contribution is 5.47. The van der Waals surface area contributed by atoms with Crippen molar-refractivity contribution >= 4 is 0 Å². The summed E-state index contributed by atoms with van der Waals surface area (Å²) in [6, 6.07) is 4.91. The van der Waals surface area contributed by atoms with Crippen LogP contribution in [-0.2, 0) is 19.5 Å². The molecule has 0 bridgehead atoms. The van der Waals surface area contributed by atoms with Crippen LogP contribution in [0.3, 0.4) is 0 Å². The Balaban J connectivity index is 1.55. The molecule has 0 atom stereocenters. The molecule has 8 heteroatoms. The number of hydrogen-bond acceptors (Lipinski definition) is 6. The molecule has 0 aromatic carbocycles. The minimum absolute atomic E-state index is 0.0242. The van der Waals surface area contributed by atoms with E-state index in [2.05, 4.69) is 19.9 Å². The van der Waals surface area contributed by atoms with Crippen molar-refractivity contribution in [3.8, 4) is 17.5 Å². The first-order valence-corrected chi connectivity index (χ1v) is 8.21. The SMILES string of the molecule is COc1ncc(CN2CCc3nc(-c4ccco4)[nH]c(=O)c3C2)cc1F. The van der Waals surface area contributed by atoms with Crippen LogP contribution < -0.4 is 10.3 Å². The Morgan fingerprint density at radius 3 is 3.08 bits per heavy atom. The van der Waals surface area contributed by atoms with Gasteiger partial charge in [-0.25, -0.2) is 14.4 Å². The van der Waals surface area contributed by atoms with Gasteiger partial charge in [-0.05, 0) is 23.8 Å². The van der Waals surface area contributed by atoms with Gasteiger partial charge in [0.25, 0.3) is 5.56 Å². The van der Waals surface area contributed by atoms with Crippen LogP contribution in [-0.4, -0.2) is 33.5 Å². The summed E-state index contributed by atoms with van der Waals surface area (Å²) >= 11 is 0. The molecule has 0 amide bonds. The normalized spacial score (nSPS) is 14.2. The summed E-state index contributed by atoms with van der Waals surface area (Å²) in [5, 5.41) is 0. The Kier molecular flexibility index (Phi) is 4.26. The van der Waals surface area contributed by atoms with E-state index in [9.17, 15) is 9.18 Å². The number of aromatic nitrogens is 3. The summed E-state index contributed by atoms with van der Waals surface area (Å²) in [6.07, 6.45) is 3.76. The molecule has 3 aromatic heterocycles. The lowest BCUT2D eigenvalue weighted by atomic mass is 10.1. The molecule has 0 radical (unpaired) electrons. The largest absolute Gasteiger partial charge is 0.479 e. The predicted octanol–water partition coefficient (Wildman–Crippen LogP) is 2.13. The first kappa shape index (κ1) is 16.5. The lowest BCUT2D eigenvalue weighted by Gasteiger charge is -2.27. The lowest BCUT2D eigenvalue weighted by Crippen LogP contribution is -2.35. The molecule has 7 nitrogen and oxygen atoms in total. The summed E-state index contributed by atoms with van der Waals surface area (Å²) < 4.78 is 23.9. The zero-order valence-electron chi connectivity index (χ0n) is 14.2. The number of halogens is 1. The molecule has 0 saturated carbocycles. The summed E-state index contributed by atoms with van der Waals surface area (Å²) in [4.78, 5) is 25.8. The van der Waals surface area contributed by atoms with Crippen LogP contribution >= 0.6 is 0 Å². The van der Waals surface area contributed by atoms with Crippen molar-refractivity contribution in [3.05, 3.63) is 63.7 Å². The fourth-order valence-corrected chi connectivity index (χ4v) is 3.11. The second kappa shape index (κ2) is 6.72. The standard InChI is InChI=1S/C18H17FN4O3/c1-25-18-13(19)7-11(8-20-18)9-23-5-4-14-12(10-23)17(24)22-16(21-14)15-3-2-6-26-15/h2-3,6-8H,4-5,9-10H2,1H3,(H,21,22,24). The fourth-order valence-electron chi connectivity index (χ4n) is 3.11. The van der Waals surface area contributed by atoms with Crippen molar-refractivity contribution in [1.29, 1.82) is 0 Å². The summed E-state index contributed by atoms with van der Waals surface area (Å²) in [5.74, 6) is 0.453. The number of aromatic amines is 1. The molecule has 0 spiro atoms. The number of pyridine rings is 1. The second-order valence-electron chi connectivity index (χ2n) is 6.11. The van der Waals surface area contributed by atoms with Gasteiger partial charge in [-0.3, -0.25) is 9.69 Å². The van der Waals surface area contributed by atoms with E-state index in [-0.39, 0.29) is 11.4 Å². The van der Waals surface area contributed by atoms with Crippen LogP contribution in [0.15, 0.2) is 39.9 Å². The topological polar surface area (TPSA) is 84.2 Å². The third-order valence-electron chi connectivity index (χ3n) is 4.37. The average molecular weight is 356 g/mol. The van der Waals surface area contributed by atoms with Crippen molar-refractivity contribution in [2.75, 3.05) is 13.7 Å². The van der Waals surface area contributed by atoms with Crippen molar-refractivity contribution in [1.82, 2.24) is 19.9 Å². The lowest BCUT2D eigenvalue weighted by molar-refractivity contribution is 0.241. The molecule has 1 aliphatic heterocycles. The van der Waals surface area contributed by atoms with Crippen LogP contribution in [0.2, 0.25) is 0 Å². The summed E-state index contributed by atoms with van der Waals surface area (Å²) in [6.45, 7) is 1.66. The number of methoxy groups -OCH3 is 1. The van der Waals surface area contributed by atoms with Gasteiger partial charge < -0.3 is 14.1 Å². The third-order valence-corrected chi connectivity index (χ3v) is 4.37. The molecule has 0 unspecified atom stereocenters. The van der Waals surface area contributed by atoms with E-state index in [1.54, 1.807) is 24.6 Å². The maximum absolute atomic E-state index is 13.8. The van der Waals surface area contributed by atoms with E-state index >= 15 is 0 Å². The average Bonchev–Trinajstić information content (AvgIpc) is 3.17. The van der Waals surface area contributed by atoms with E-state index in [0.29, 0.717) is 43.2 Å². The predicted molar refractivity (Wildman–Crippen MR) is 91.1 cm³/mol. The molecule has 3 aromatic rings. The van der Waals surface area contributed by atoms with Crippen LogP contribution in [0.1, 0.15) is 16.8 Å². The molecular formula is C18H17FN4O3. The van der Waals surface area contributed by atoms with E-state index in [1.807, 2.05) is 0 Å². The minimum atomic E-state index is -0.495. The Morgan fingerprint density at radius 1 is 1.46 bits per heavy atom. The fraction of sp³-hybridized carbons (Fsp3) is 0.278. The van der Waals surface area contributed by atoms with Gasteiger partial charge in [0.05, 0.1) is 24.6 Å². The van der Waals surface area contributed by atoms with Crippen LogP contribution in [0, 0.1) is 5.82 Å². The molecular weight excluding hydrogens is 339 g/mol. The highest BCUT2D eigenvalue weighted by Gasteiger charge is 2.22. The van der Waals surface area contributed by atoms with Crippen molar-refractivity contribution in [2.24, 2.45) is 0 Å². The quantitative estimate of drug-likeness (QED) is 0.771.